The fourth-order valence-corrected chi connectivity index (χ4v) is 8.24. The summed E-state index contributed by atoms with van der Waals surface area (Å²) in [5.74, 6) is -0.477. The van der Waals surface area contributed by atoms with Crippen LogP contribution in [0, 0.1) is 0 Å². The minimum absolute atomic E-state index is 0.0750. The largest absolute Gasteiger partial charge is 0.472 e. The normalized spacial score (nSPS) is 22.6. The van der Waals surface area contributed by atoms with E-state index in [-0.39, 0.29) is 13.0 Å². The van der Waals surface area contributed by atoms with Gasteiger partial charge in [-0.2, -0.15) is 0 Å². The van der Waals surface area contributed by atoms with E-state index in [4.69, 9.17) is 18.5 Å². The van der Waals surface area contributed by atoms with Gasteiger partial charge in [0.1, 0.15) is 42.7 Å². The Bertz CT molecular complexity index is 1070. The monoisotopic (exact) mass is 863 g/mol. The van der Waals surface area contributed by atoms with Gasteiger partial charge in [-0.15, -0.1) is 0 Å². The number of allylic oxidation sites excluding steroid dienone is 4. The maximum atomic E-state index is 12.8. The Morgan fingerprint density at radius 1 is 0.542 bits per heavy atom. The summed E-state index contributed by atoms with van der Waals surface area (Å²) < 4.78 is 34.2. The lowest BCUT2D eigenvalue weighted by atomic mass is 9.85. The molecule has 1 aliphatic rings. The number of carbonyl (C=O) groups excluding carboxylic acids is 1. The number of rotatable bonds is 40. The Morgan fingerprint density at radius 2 is 0.949 bits per heavy atom. The van der Waals surface area contributed by atoms with E-state index in [0.29, 0.717) is 13.0 Å². The number of carbonyl (C=O) groups is 1. The van der Waals surface area contributed by atoms with Crippen LogP contribution in [-0.4, -0.2) is 98.9 Å². The predicted octanol–water partition coefficient (Wildman–Crippen LogP) is 9.70. The van der Waals surface area contributed by atoms with Gasteiger partial charge in [0.15, 0.2) is 0 Å². The van der Waals surface area contributed by atoms with Gasteiger partial charge in [-0.25, -0.2) is 4.57 Å². The maximum Gasteiger partial charge on any atom is 0.472 e. The third-order valence-corrected chi connectivity index (χ3v) is 12.1. The summed E-state index contributed by atoms with van der Waals surface area (Å²) in [5, 5.41) is 50.2. The molecule has 0 aromatic rings. The molecule has 0 heterocycles. The lowest BCUT2D eigenvalue weighted by Gasteiger charge is -2.41. The molecule has 0 aromatic carbocycles. The molecule has 12 nitrogen and oxygen atoms in total. The summed E-state index contributed by atoms with van der Waals surface area (Å²) in [4.78, 5) is 23.1. The Morgan fingerprint density at radius 3 is 1.46 bits per heavy atom. The van der Waals surface area contributed by atoms with Crippen LogP contribution < -0.4 is 0 Å². The quantitative estimate of drug-likeness (QED) is 0.0148. The molecule has 13 heteroatoms. The number of hydrogen-bond acceptors (Lipinski definition) is 11. The molecule has 6 unspecified atom stereocenters. The summed E-state index contributed by atoms with van der Waals surface area (Å²) in [6, 6.07) is 0. The van der Waals surface area contributed by atoms with Gasteiger partial charge in [0.05, 0.1) is 13.2 Å². The van der Waals surface area contributed by atoms with Crippen molar-refractivity contribution in [3.8, 4) is 0 Å². The SMILES string of the molecule is CCCCC/C=C\C/C=C\CCCCCCCCCCCCOCC(COP(=O)(O)OC1C(O)C(O)C(O)C(O)C1O)OC(=O)CCCCCCCCCCCCCC. The first-order chi connectivity index (χ1) is 28.5. The summed E-state index contributed by atoms with van der Waals surface area (Å²) in [5.41, 5.74) is 0. The molecule has 6 atom stereocenters. The van der Waals surface area contributed by atoms with E-state index < -0.39 is 63.1 Å². The number of phosphoric acid groups is 1. The molecule has 0 aromatic heterocycles. The molecule has 1 saturated carbocycles. The molecule has 6 N–H and O–H groups in total. The Kier molecular flexibility index (Phi) is 35.4. The van der Waals surface area contributed by atoms with Crippen molar-refractivity contribution in [2.75, 3.05) is 19.8 Å². The average molecular weight is 863 g/mol. The van der Waals surface area contributed by atoms with E-state index in [1.165, 1.54) is 128 Å². The first-order valence-electron chi connectivity index (χ1n) is 23.7. The topological polar surface area (TPSA) is 192 Å². The van der Waals surface area contributed by atoms with Crippen molar-refractivity contribution >= 4 is 13.8 Å². The lowest BCUT2D eigenvalue weighted by molar-refractivity contribution is -0.220. The van der Waals surface area contributed by atoms with Crippen molar-refractivity contribution in [1.29, 1.82) is 0 Å². The van der Waals surface area contributed by atoms with Crippen molar-refractivity contribution in [3.05, 3.63) is 24.3 Å². The van der Waals surface area contributed by atoms with Gasteiger partial charge < -0.3 is 39.9 Å². The second-order valence-corrected chi connectivity index (χ2v) is 18.0. The van der Waals surface area contributed by atoms with Crippen molar-refractivity contribution in [2.45, 2.75) is 243 Å². The summed E-state index contributed by atoms with van der Waals surface area (Å²) in [6.45, 7) is 4.23. The van der Waals surface area contributed by atoms with E-state index in [2.05, 4.69) is 38.2 Å². The van der Waals surface area contributed by atoms with Gasteiger partial charge in [-0.3, -0.25) is 13.8 Å². The van der Waals surface area contributed by atoms with Crippen molar-refractivity contribution in [3.63, 3.8) is 0 Å². The molecule has 0 bridgehead atoms. The fraction of sp³-hybridized carbons (Fsp3) is 0.891. The number of unbranched alkanes of at least 4 members (excludes halogenated alkanes) is 24. The Hall–Kier alpha value is -1.18. The molecule has 0 amide bonds. The molecular formula is C46H87O12P. The first kappa shape index (κ1) is 55.8. The minimum Gasteiger partial charge on any atom is -0.457 e. The summed E-state index contributed by atoms with van der Waals surface area (Å²) in [6.07, 6.45) is 29.6. The zero-order valence-electron chi connectivity index (χ0n) is 37.1. The molecular weight excluding hydrogens is 775 g/mol. The van der Waals surface area contributed by atoms with Crippen molar-refractivity contribution in [1.82, 2.24) is 0 Å². The van der Waals surface area contributed by atoms with E-state index in [0.717, 1.165) is 44.9 Å². The highest BCUT2D eigenvalue weighted by atomic mass is 31.2. The molecule has 348 valence electrons. The molecule has 0 spiro atoms. The van der Waals surface area contributed by atoms with Crippen LogP contribution in [0.5, 0.6) is 0 Å². The van der Waals surface area contributed by atoms with Gasteiger partial charge in [0.2, 0.25) is 0 Å². The standard InChI is InChI=1S/C46H87O12P/c1-3-5-7-9-11-13-15-17-18-19-20-21-22-23-24-26-28-30-32-34-36-55-37-39(57-40(47)35-33-31-29-27-25-16-14-12-10-8-6-4-2)38-56-59(53,54)58-46-44(51)42(49)41(48)43(50)45(46)52/h11,13,17-18,39,41-46,48-52H,3-10,12,14-16,19-38H2,1-2H3,(H,53,54)/b13-11-,18-17-. The summed E-state index contributed by atoms with van der Waals surface area (Å²) >= 11 is 0. The second kappa shape index (κ2) is 37.4. The highest BCUT2D eigenvalue weighted by Gasteiger charge is 2.51. The molecule has 1 fully saturated rings. The molecule has 0 radical (unpaired) electrons. The fourth-order valence-electron chi connectivity index (χ4n) is 7.27. The zero-order valence-corrected chi connectivity index (χ0v) is 38.0. The third-order valence-electron chi connectivity index (χ3n) is 11.1. The summed E-state index contributed by atoms with van der Waals surface area (Å²) in [7, 11) is -5.01. The van der Waals surface area contributed by atoms with Gasteiger partial charge >= 0.3 is 13.8 Å². The van der Waals surface area contributed by atoms with Crippen LogP contribution in [0.1, 0.15) is 200 Å². The van der Waals surface area contributed by atoms with Crippen molar-refractivity contribution in [2.24, 2.45) is 0 Å². The van der Waals surface area contributed by atoms with Crippen LogP contribution in [0.4, 0.5) is 0 Å². The molecule has 0 aliphatic heterocycles. The first-order valence-corrected chi connectivity index (χ1v) is 25.2. The molecule has 1 rings (SSSR count). The second-order valence-electron chi connectivity index (χ2n) is 16.6. The van der Waals surface area contributed by atoms with Gasteiger partial charge in [0, 0.05) is 13.0 Å². The van der Waals surface area contributed by atoms with Crippen LogP contribution in [0.2, 0.25) is 0 Å². The number of aliphatic hydroxyl groups is 5. The highest BCUT2D eigenvalue weighted by molar-refractivity contribution is 7.47. The lowest BCUT2D eigenvalue weighted by Crippen LogP contribution is -2.64. The van der Waals surface area contributed by atoms with Crippen LogP contribution in [-0.2, 0) is 27.9 Å². The number of ether oxygens (including phenoxy) is 2. The van der Waals surface area contributed by atoms with Gasteiger partial charge in [-0.05, 0) is 44.9 Å². The smallest absolute Gasteiger partial charge is 0.457 e. The van der Waals surface area contributed by atoms with Gasteiger partial charge in [0.25, 0.3) is 0 Å². The Balaban J connectivity index is 2.35. The minimum atomic E-state index is -5.01. The van der Waals surface area contributed by atoms with Crippen LogP contribution in [0.3, 0.4) is 0 Å². The third kappa shape index (κ3) is 29.7. The van der Waals surface area contributed by atoms with Crippen LogP contribution in [0.15, 0.2) is 24.3 Å². The van der Waals surface area contributed by atoms with E-state index >= 15 is 0 Å². The molecule has 0 saturated heterocycles. The number of phosphoric ester groups is 1. The van der Waals surface area contributed by atoms with E-state index in [1.807, 2.05) is 0 Å². The van der Waals surface area contributed by atoms with Crippen LogP contribution in [0.25, 0.3) is 0 Å². The maximum absolute atomic E-state index is 12.8. The molecule has 59 heavy (non-hydrogen) atoms. The highest BCUT2D eigenvalue weighted by Crippen LogP contribution is 2.47. The number of esters is 1. The zero-order chi connectivity index (χ0) is 43.4. The van der Waals surface area contributed by atoms with Crippen molar-refractivity contribution < 1.29 is 58.3 Å². The molecule has 1 aliphatic carbocycles. The average Bonchev–Trinajstić information content (AvgIpc) is 3.22. The Labute approximate surface area is 358 Å². The van der Waals surface area contributed by atoms with E-state index in [1.54, 1.807) is 0 Å². The van der Waals surface area contributed by atoms with E-state index in [9.17, 15) is 39.8 Å². The predicted molar refractivity (Wildman–Crippen MR) is 235 cm³/mol. The van der Waals surface area contributed by atoms with Crippen LogP contribution >= 0.6 is 7.82 Å². The number of hydrogen-bond donors (Lipinski definition) is 6. The van der Waals surface area contributed by atoms with Gasteiger partial charge in [-0.1, -0.05) is 173 Å². The number of aliphatic hydroxyl groups excluding tert-OH is 5.